The van der Waals surface area contributed by atoms with E-state index in [1.807, 2.05) is 0 Å². The van der Waals surface area contributed by atoms with E-state index in [9.17, 15) is 4.79 Å². The van der Waals surface area contributed by atoms with Gasteiger partial charge in [-0.3, -0.25) is 4.79 Å². The van der Waals surface area contributed by atoms with Crippen molar-refractivity contribution in [2.24, 2.45) is 5.73 Å². The second kappa shape index (κ2) is 5.43. The number of nitrogens with two attached hydrogens (primary N) is 1. The summed E-state index contributed by atoms with van der Waals surface area (Å²) in [6, 6.07) is 0. The summed E-state index contributed by atoms with van der Waals surface area (Å²) in [6.45, 7) is -0.278. The summed E-state index contributed by atoms with van der Waals surface area (Å²) >= 11 is 0. The number of hydrogen-bond acceptors (Lipinski definition) is 2. The number of aliphatic carboxylic acids is 1. The Morgan fingerprint density at radius 1 is 2.00 bits per heavy atom. The predicted octanol–water partition coefficient (Wildman–Crippen LogP) is -3.85. The second-order valence-electron chi connectivity index (χ2n) is 0.598. The van der Waals surface area contributed by atoms with Gasteiger partial charge >= 0.3 is 35.5 Å². The van der Waals surface area contributed by atoms with E-state index in [0.29, 0.717) is 0 Å². The van der Waals surface area contributed by atoms with E-state index in [1.165, 1.54) is 0 Å². The molecule has 3 N–H and O–H groups in total. The molecule has 0 saturated carbocycles. The minimum Gasteiger partial charge on any atom is -1.00 e. The molecule has 0 bridgehead atoms. The van der Waals surface area contributed by atoms with Crippen LogP contribution in [-0.4, -0.2) is 17.6 Å². The molecule has 0 aromatic carbocycles. The Morgan fingerprint density at radius 2 is 2.17 bits per heavy atom. The SMILES string of the molecule is NCC(=O)O.[H-].[Na+]. The fourth-order valence-electron chi connectivity index (χ4n) is 0. The normalized spacial score (nSPS) is 6.17. The zero-order chi connectivity index (χ0) is 4.28. The van der Waals surface area contributed by atoms with E-state index < -0.39 is 5.97 Å². The Labute approximate surface area is 59.3 Å². The van der Waals surface area contributed by atoms with Crippen LogP contribution in [0.4, 0.5) is 0 Å². The number of hydrogen-bond donors (Lipinski definition) is 2. The molecular weight excluding hydrogens is 93.0 g/mol. The summed E-state index contributed by atoms with van der Waals surface area (Å²) in [4.78, 5) is 9.24. The molecule has 0 aromatic heterocycles. The minimum absolute atomic E-state index is 0. The summed E-state index contributed by atoms with van der Waals surface area (Å²) in [6.07, 6.45) is 0. The molecule has 32 valence electrons. The van der Waals surface area contributed by atoms with Crippen LogP contribution in [0.2, 0.25) is 0 Å². The van der Waals surface area contributed by atoms with Gasteiger partial charge in [0.2, 0.25) is 0 Å². The average molecular weight is 99.1 g/mol. The molecule has 0 amide bonds. The standard InChI is InChI=1S/C2H5NO2.Na.H/c3-1-2(4)5;;/h1,3H2,(H,4,5);;/q;+1;-1. The molecule has 0 radical (unpaired) electrons. The first-order valence-corrected chi connectivity index (χ1v) is 1.19. The Bertz CT molecular complexity index is 51.0. The topological polar surface area (TPSA) is 63.3 Å². The molecule has 0 heterocycles. The van der Waals surface area contributed by atoms with Crippen LogP contribution in [0.25, 0.3) is 0 Å². The molecular formula is C2H6NNaO2. The van der Waals surface area contributed by atoms with E-state index >= 15 is 0 Å². The van der Waals surface area contributed by atoms with Crippen molar-refractivity contribution in [3.05, 3.63) is 0 Å². The molecule has 0 aliphatic carbocycles. The molecule has 0 rings (SSSR count). The third-order valence-electron chi connectivity index (χ3n) is 0.175. The monoisotopic (exact) mass is 99.0 g/mol. The van der Waals surface area contributed by atoms with Crippen LogP contribution >= 0.6 is 0 Å². The maximum absolute atomic E-state index is 9.24. The van der Waals surface area contributed by atoms with Crippen molar-refractivity contribution >= 4 is 5.97 Å². The van der Waals surface area contributed by atoms with E-state index in [1.54, 1.807) is 0 Å². The molecule has 3 nitrogen and oxygen atoms in total. The van der Waals surface area contributed by atoms with Gasteiger partial charge in [0, 0.05) is 0 Å². The van der Waals surface area contributed by atoms with E-state index in [0.717, 1.165) is 0 Å². The van der Waals surface area contributed by atoms with Crippen LogP contribution < -0.4 is 35.3 Å². The zero-order valence-corrected chi connectivity index (χ0v) is 5.64. The fraction of sp³-hybridized carbons (Fsp3) is 0.500. The summed E-state index contributed by atoms with van der Waals surface area (Å²) in [5, 5.41) is 7.60. The minimum atomic E-state index is -0.968. The maximum atomic E-state index is 9.24. The van der Waals surface area contributed by atoms with Gasteiger partial charge in [0.15, 0.2) is 0 Å². The van der Waals surface area contributed by atoms with Gasteiger partial charge in [0.25, 0.3) is 0 Å². The van der Waals surface area contributed by atoms with Gasteiger partial charge in [-0.15, -0.1) is 0 Å². The van der Waals surface area contributed by atoms with Crippen LogP contribution in [0.15, 0.2) is 0 Å². The Morgan fingerprint density at radius 3 is 2.17 bits per heavy atom. The molecule has 0 aromatic rings. The van der Waals surface area contributed by atoms with Gasteiger partial charge in [0.1, 0.15) is 0 Å². The Balaban J connectivity index is -0.0000000800. The molecule has 0 aliphatic rings. The van der Waals surface area contributed by atoms with Gasteiger partial charge in [-0.1, -0.05) is 0 Å². The largest absolute Gasteiger partial charge is 1.00 e. The van der Waals surface area contributed by atoms with Crippen molar-refractivity contribution in [1.82, 2.24) is 0 Å². The summed E-state index contributed by atoms with van der Waals surface area (Å²) in [5.74, 6) is -0.968. The van der Waals surface area contributed by atoms with Crippen molar-refractivity contribution in [3.8, 4) is 0 Å². The molecule has 0 fully saturated rings. The quantitative estimate of drug-likeness (QED) is 0.331. The molecule has 0 aliphatic heterocycles. The Kier molecular flexibility index (Phi) is 8.74. The van der Waals surface area contributed by atoms with Gasteiger partial charge in [0.05, 0.1) is 6.54 Å². The first-order chi connectivity index (χ1) is 2.27. The average Bonchev–Trinajstić information content (AvgIpc) is 1.38. The van der Waals surface area contributed by atoms with Crippen molar-refractivity contribution in [2.45, 2.75) is 0 Å². The van der Waals surface area contributed by atoms with Gasteiger partial charge in [-0.2, -0.15) is 0 Å². The van der Waals surface area contributed by atoms with Gasteiger partial charge in [-0.05, 0) is 0 Å². The molecule has 0 atom stereocenters. The molecule has 0 spiro atoms. The first-order valence-electron chi connectivity index (χ1n) is 1.19. The van der Waals surface area contributed by atoms with Crippen molar-refractivity contribution < 1.29 is 40.9 Å². The fourth-order valence-corrected chi connectivity index (χ4v) is 0. The van der Waals surface area contributed by atoms with E-state index in [2.05, 4.69) is 5.73 Å². The summed E-state index contributed by atoms with van der Waals surface area (Å²) in [7, 11) is 0. The summed E-state index contributed by atoms with van der Waals surface area (Å²) in [5.41, 5.74) is 4.57. The maximum Gasteiger partial charge on any atom is 1.00 e. The van der Waals surface area contributed by atoms with Gasteiger partial charge in [-0.25, -0.2) is 0 Å². The van der Waals surface area contributed by atoms with Gasteiger partial charge < -0.3 is 12.3 Å². The van der Waals surface area contributed by atoms with Crippen LogP contribution in [0.3, 0.4) is 0 Å². The predicted molar refractivity (Wildman–Crippen MR) is 17.8 cm³/mol. The molecule has 0 unspecified atom stereocenters. The van der Waals surface area contributed by atoms with Crippen molar-refractivity contribution in [1.29, 1.82) is 0 Å². The summed E-state index contributed by atoms with van der Waals surface area (Å²) < 4.78 is 0. The van der Waals surface area contributed by atoms with Crippen LogP contribution in [0.5, 0.6) is 0 Å². The first kappa shape index (κ1) is 9.66. The van der Waals surface area contributed by atoms with Crippen molar-refractivity contribution in [3.63, 3.8) is 0 Å². The van der Waals surface area contributed by atoms with Crippen LogP contribution in [-0.2, 0) is 4.79 Å². The van der Waals surface area contributed by atoms with Crippen LogP contribution in [0, 0.1) is 0 Å². The molecule has 4 heteroatoms. The number of carboxylic acid groups (broad SMARTS) is 1. The number of carbonyl (C=O) groups is 1. The van der Waals surface area contributed by atoms with Crippen LogP contribution in [0.1, 0.15) is 1.43 Å². The number of carboxylic acids is 1. The third kappa shape index (κ3) is 8.83. The van der Waals surface area contributed by atoms with E-state index in [-0.39, 0.29) is 37.5 Å². The zero-order valence-electron chi connectivity index (χ0n) is 4.64. The smallest absolute Gasteiger partial charge is 1.00 e. The number of rotatable bonds is 1. The third-order valence-corrected chi connectivity index (χ3v) is 0.175. The Hall–Kier alpha value is 0.430. The van der Waals surface area contributed by atoms with Crippen molar-refractivity contribution in [2.75, 3.05) is 6.54 Å². The second-order valence-corrected chi connectivity index (χ2v) is 0.598. The molecule has 6 heavy (non-hydrogen) atoms. The van der Waals surface area contributed by atoms with E-state index in [4.69, 9.17) is 5.11 Å². The molecule has 0 saturated heterocycles.